The van der Waals surface area contributed by atoms with E-state index in [0.29, 0.717) is 10.8 Å². The van der Waals surface area contributed by atoms with Crippen LogP contribution >= 0.6 is 22.9 Å². The largest absolute Gasteiger partial charge is 0.347 e. The molecule has 1 atom stereocenters. The summed E-state index contributed by atoms with van der Waals surface area (Å²) >= 11 is 7.51. The van der Waals surface area contributed by atoms with Gasteiger partial charge in [0.05, 0.1) is 6.04 Å². The number of thiophene rings is 1. The number of nitrogens with zero attached hydrogens (tertiary/aromatic N) is 4. The summed E-state index contributed by atoms with van der Waals surface area (Å²) in [6.45, 7) is 4.18. The Labute approximate surface area is 154 Å². The summed E-state index contributed by atoms with van der Waals surface area (Å²) in [4.78, 5) is 14.8. The van der Waals surface area contributed by atoms with Crippen molar-refractivity contribution in [2.75, 3.05) is 0 Å². The number of carbonyl (C=O) groups excluding carboxylic acids is 1. The Morgan fingerprint density at radius 2 is 2.04 bits per heavy atom. The van der Waals surface area contributed by atoms with Crippen molar-refractivity contribution >= 4 is 28.8 Å². The van der Waals surface area contributed by atoms with E-state index in [9.17, 15) is 4.79 Å². The van der Waals surface area contributed by atoms with Gasteiger partial charge in [0.1, 0.15) is 6.54 Å². The summed E-state index contributed by atoms with van der Waals surface area (Å²) in [7, 11) is 0. The Morgan fingerprint density at radius 1 is 1.28 bits per heavy atom. The second-order valence-corrected chi connectivity index (χ2v) is 7.37. The minimum Gasteiger partial charge on any atom is -0.347 e. The maximum atomic E-state index is 12.4. The molecule has 2 heterocycles. The van der Waals surface area contributed by atoms with Crippen LogP contribution in [-0.2, 0) is 11.3 Å². The molecule has 8 heteroatoms. The van der Waals surface area contributed by atoms with Gasteiger partial charge in [-0.15, -0.1) is 21.5 Å². The van der Waals surface area contributed by atoms with Crippen LogP contribution in [0.25, 0.3) is 11.4 Å². The first-order chi connectivity index (χ1) is 12.0. The molecule has 1 aromatic carbocycles. The predicted molar refractivity (Wildman–Crippen MR) is 98.3 cm³/mol. The molecule has 25 heavy (non-hydrogen) atoms. The molecule has 1 unspecified atom stereocenters. The average Bonchev–Trinajstić information content (AvgIpc) is 3.25. The van der Waals surface area contributed by atoms with Crippen molar-refractivity contribution < 1.29 is 4.79 Å². The summed E-state index contributed by atoms with van der Waals surface area (Å²) in [6, 6.07) is 11.1. The minimum absolute atomic E-state index is 0.0215. The highest BCUT2D eigenvalue weighted by molar-refractivity contribution is 7.10. The lowest BCUT2D eigenvalue weighted by Crippen LogP contribution is -2.34. The molecular formula is C17H18ClN5OS. The first-order valence-electron chi connectivity index (χ1n) is 7.89. The topological polar surface area (TPSA) is 72.7 Å². The predicted octanol–water partition coefficient (Wildman–Crippen LogP) is 3.57. The smallest absolute Gasteiger partial charge is 0.244 e. The number of halogens is 1. The molecule has 2 aromatic heterocycles. The standard InChI is InChI=1S/C17H18ClN5OS/c1-11(2)16(14-4-3-9-25-14)19-15(24)10-23-21-17(20-22-23)12-5-7-13(18)8-6-12/h3-9,11,16H,10H2,1-2H3,(H,19,24). The molecule has 3 rings (SSSR count). The first kappa shape index (κ1) is 17.6. The molecule has 0 saturated heterocycles. The van der Waals surface area contributed by atoms with Crippen molar-refractivity contribution in [2.45, 2.75) is 26.4 Å². The van der Waals surface area contributed by atoms with Crippen LogP contribution in [0.1, 0.15) is 24.8 Å². The van der Waals surface area contributed by atoms with E-state index in [1.165, 1.54) is 4.80 Å². The van der Waals surface area contributed by atoms with Gasteiger partial charge in [-0.3, -0.25) is 4.79 Å². The van der Waals surface area contributed by atoms with Gasteiger partial charge in [0.25, 0.3) is 0 Å². The van der Waals surface area contributed by atoms with E-state index in [1.807, 2.05) is 29.6 Å². The van der Waals surface area contributed by atoms with Crippen molar-refractivity contribution in [1.82, 2.24) is 25.5 Å². The molecule has 0 spiro atoms. The number of carbonyl (C=O) groups is 1. The number of aromatic nitrogens is 4. The zero-order valence-corrected chi connectivity index (χ0v) is 15.5. The van der Waals surface area contributed by atoms with Crippen molar-refractivity contribution in [3.8, 4) is 11.4 Å². The van der Waals surface area contributed by atoms with Gasteiger partial charge < -0.3 is 5.32 Å². The number of nitrogens with one attached hydrogen (secondary N) is 1. The molecule has 0 radical (unpaired) electrons. The fourth-order valence-corrected chi connectivity index (χ4v) is 3.48. The third-order valence-electron chi connectivity index (χ3n) is 3.67. The fourth-order valence-electron chi connectivity index (χ4n) is 2.41. The molecule has 6 nitrogen and oxygen atoms in total. The Bertz CT molecular complexity index is 829. The minimum atomic E-state index is -0.146. The van der Waals surface area contributed by atoms with Crippen molar-refractivity contribution in [2.24, 2.45) is 5.92 Å². The van der Waals surface area contributed by atoms with Crippen LogP contribution < -0.4 is 5.32 Å². The molecule has 0 aliphatic rings. The van der Waals surface area contributed by atoms with Crippen LogP contribution in [0.5, 0.6) is 0 Å². The number of amides is 1. The number of rotatable bonds is 6. The Morgan fingerprint density at radius 3 is 2.68 bits per heavy atom. The third-order valence-corrected chi connectivity index (χ3v) is 4.88. The van der Waals surface area contributed by atoms with Crippen molar-refractivity contribution in [3.63, 3.8) is 0 Å². The van der Waals surface area contributed by atoms with Crippen LogP contribution in [0.15, 0.2) is 41.8 Å². The Hall–Kier alpha value is -2.25. The van der Waals surface area contributed by atoms with E-state index < -0.39 is 0 Å². The summed E-state index contributed by atoms with van der Waals surface area (Å²) in [5.41, 5.74) is 0.801. The number of hydrogen-bond donors (Lipinski definition) is 1. The van der Waals surface area contributed by atoms with Crippen LogP contribution in [-0.4, -0.2) is 26.1 Å². The maximum absolute atomic E-state index is 12.4. The van der Waals surface area contributed by atoms with Crippen LogP contribution in [0, 0.1) is 5.92 Å². The van der Waals surface area contributed by atoms with E-state index in [2.05, 4.69) is 34.6 Å². The van der Waals surface area contributed by atoms with Crippen LogP contribution in [0.3, 0.4) is 0 Å². The second-order valence-electron chi connectivity index (χ2n) is 5.95. The zero-order chi connectivity index (χ0) is 17.8. The Balaban J connectivity index is 1.66. The monoisotopic (exact) mass is 375 g/mol. The molecule has 0 aliphatic heterocycles. The summed E-state index contributed by atoms with van der Waals surface area (Å²) in [5.74, 6) is 0.603. The average molecular weight is 376 g/mol. The van der Waals surface area contributed by atoms with Gasteiger partial charge in [-0.25, -0.2) is 0 Å². The molecule has 3 aromatic rings. The van der Waals surface area contributed by atoms with Gasteiger partial charge in [-0.1, -0.05) is 31.5 Å². The molecule has 0 bridgehead atoms. The van der Waals surface area contributed by atoms with E-state index >= 15 is 0 Å². The fraction of sp³-hybridized carbons (Fsp3) is 0.294. The van der Waals surface area contributed by atoms with Gasteiger partial charge in [0.15, 0.2) is 0 Å². The van der Waals surface area contributed by atoms with Crippen molar-refractivity contribution in [1.29, 1.82) is 0 Å². The number of benzene rings is 1. The van der Waals surface area contributed by atoms with Gasteiger partial charge in [-0.05, 0) is 46.8 Å². The maximum Gasteiger partial charge on any atom is 0.244 e. The van der Waals surface area contributed by atoms with Gasteiger partial charge in [0.2, 0.25) is 11.7 Å². The summed E-state index contributed by atoms with van der Waals surface area (Å²) in [5, 5.41) is 17.9. The van der Waals surface area contributed by atoms with E-state index in [-0.39, 0.29) is 24.4 Å². The summed E-state index contributed by atoms with van der Waals surface area (Å²) < 4.78 is 0. The SMILES string of the molecule is CC(C)C(NC(=O)Cn1nnc(-c2ccc(Cl)cc2)n1)c1cccs1. The quantitative estimate of drug-likeness (QED) is 0.714. The molecule has 0 aliphatic carbocycles. The number of tetrazole rings is 1. The van der Waals surface area contributed by atoms with Gasteiger partial charge >= 0.3 is 0 Å². The lowest BCUT2D eigenvalue weighted by atomic mass is 10.0. The highest BCUT2D eigenvalue weighted by Gasteiger charge is 2.20. The third kappa shape index (κ3) is 4.43. The van der Waals surface area contributed by atoms with Gasteiger partial charge in [0, 0.05) is 15.5 Å². The summed E-state index contributed by atoms with van der Waals surface area (Å²) in [6.07, 6.45) is 0. The highest BCUT2D eigenvalue weighted by atomic mass is 35.5. The lowest BCUT2D eigenvalue weighted by molar-refractivity contribution is -0.123. The first-order valence-corrected chi connectivity index (χ1v) is 9.15. The van der Waals surface area contributed by atoms with Crippen LogP contribution in [0.2, 0.25) is 5.02 Å². The number of hydrogen-bond acceptors (Lipinski definition) is 5. The molecule has 1 N–H and O–H groups in total. The van der Waals surface area contributed by atoms with Crippen LogP contribution in [0.4, 0.5) is 0 Å². The molecule has 1 amide bonds. The van der Waals surface area contributed by atoms with Crippen molar-refractivity contribution in [3.05, 3.63) is 51.7 Å². The lowest BCUT2D eigenvalue weighted by Gasteiger charge is -2.21. The highest BCUT2D eigenvalue weighted by Crippen LogP contribution is 2.25. The molecule has 0 saturated carbocycles. The second kappa shape index (κ2) is 7.76. The van der Waals surface area contributed by atoms with E-state index in [1.54, 1.807) is 23.5 Å². The Kier molecular flexibility index (Phi) is 5.45. The molecule has 0 fully saturated rings. The normalized spacial score (nSPS) is 12.3. The van der Waals surface area contributed by atoms with E-state index in [4.69, 9.17) is 11.6 Å². The zero-order valence-electron chi connectivity index (χ0n) is 13.9. The van der Waals surface area contributed by atoms with E-state index in [0.717, 1.165) is 10.4 Å². The molecule has 130 valence electrons. The van der Waals surface area contributed by atoms with Gasteiger partial charge in [-0.2, -0.15) is 4.80 Å². The molecular weight excluding hydrogens is 358 g/mol.